The van der Waals surface area contributed by atoms with Gasteiger partial charge in [-0.25, -0.2) is 4.68 Å². The number of rotatable bonds is 5. The highest BCUT2D eigenvalue weighted by Gasteiger charge is 2.03. The van der Waals surface area contributed by atoms with Crippen molar-refractivity contribution in [2.45, 2.75) is 13.1 Å². The van der Waals surface area contributed by atoms with Crippen LogP contribution in [0.15, 0.2) is 77.7 Å². The Hall–Kier alpha value is -3.34. The van der Waals surface area contributed by atoms with Gasteiger partial charge < -0.3 is 10.3 Å². The molecule has 5 nitrogen and oxygen atoms in total. The topological polar surface area (TPSA) is 62.7 Å². The summed E-state index contributed by atoms with van der Waals surface area (Å²) in [6.45, 7) is 1.08. The number of H-pyrrole nitrogens is 1. The van der Waals surface area contributed by atoms with Gasteiger partial charge in [-0.15, -0.1) is 0 Å². The maximum absolute atomic E-state index is 12.2. The number of hydrogen-bond acceptors (Lipinski definition) is 3. The molecule has 2 aromatic heterocycles. The minimum atomic E-state index is -0.120. The average Bonchev–Trinajstić information content (AvgIpc) is 3.06. The zero-order chi connectivity index (χ0) is 17.1. The molecule has 0 spiro atoms. The molecule has 5 heteroatoms. The summed E-state index contributed by atoms with van der Waals surface area (Å²) < 4.78 is 1.46. The van der Waals surface area contributed by atoms with E-state index in [1.165, 1.54) is 10.1 Å². The highest BCUT2D eigenvalue weighted by molar-refractivity contribution is 5.80. The molecule has 0 aliphatic rings. The van der Waals surface area contributed by atoms with Crippen LogP contribution in [-0.2, 0) is 13.1 Å². The summed E-state index contributed by atoms with van der Waals surface area (Å²) in [5.41, 5.74) is 3.82. The molecule has 2 aromatic carbocycles. The summed E-state index contributed by atoms with van der Waals surface area (Å²) >= 11 is 0. The third-order valence-corrected chi connectivity index (χ3v) is 4.11. The van der Waals surface area contributed by atoms with Crippen molar-refractivity contribution in [3.63, 3.8) is 0 Å². The van der Waals surface area contributed by atoms with E-state index in [9.17, 15) is 4.79 Å². The predicted molar refractivity (Wildman–Crippen MR) is 99.7 cm³/mol. The van der Waals surface area contributed by atoms with Crippen molar-refractivity contribution >= 4 is 16.6 Å². The molecule has 25 heavy (non-hydrogen) atoms. The second-order valence-electron chi connectivity index (χ2n) is 5.96. The zero-order valence-electron chi connectivity index (χ0n) is 13.6. The van der Waals surface area contributed by atoms with E-state index < -0.39 is 0 Å². The van der Waals surface area contributed by atoms with E-state index in [0.717, 1.165) is 16.8 Å². The zero-order valence-corrected chi connectivity index (χ0v) is 13.6. The van der Waals surface area contributed by atoms with Crippen LogP contribution in [0.1, 0.15) is 11.3 Å². The maximum atomic E-state index is 12.2. The molecule has 0 aliphatic carbocycles. The van der Waals surface area contributed by atoms with E-state index in [1.54, 1.807) is 12.3 Å². The molecule has 2 N–H and O–H groups in total. The number of hydrogen-bond donors (Lipinski definition) is 2. The van der Waals surface area contributed by atoms with Crippen molar-refractivity contribution in [2.24, 2.45) is 0 Å². The van der Waals surface area contributed by atoms with Gasteiger partial charge in [0.2, 0.25) is 0 Å². The predicted octanol–water partition coefficient (Wildman–Crippen LogP) is 3.39. The lowest BCUT2D eigenvalue weighted by Crippen LogP contribution is -2.23. The first-order valence-electron chi connectivity index (χ1n) is 8.19. The first-order valence-corrected chi connectivity index (χ1v) is 8.19. The Balaban J connectivity index is 1.46. The van der Waals surface area contributed by atoms with Gasteiger partial charge in [0.25, 0.3) is 5.56 Å². The molecule has 0 saturated heterocycles. The fraction of sp³-hybridized carbons (Fsp3) is 0.100. The minimum absolute atomic E-state index is 0.120. The van der Waals surface area contributed by atoms with Crippen molar-refractivity contribution in [1.82, 2.24) is 14.8 Å². The van der Waals surface area contributed by atoms with E-state index in [-0.39, 0.29) is 5.56 Å². The van der Waals surface area contributed by atoms with Crippen LogP contribution in [-0.4, -0.2) is 14.8 Å². The van der Waals surface area contributed by atoms with Crippen molar-refractivity contribution in [2.75, 3.05) is 5.32 Å². The molecule has 0 bridgehead atoms. The van der Waals surface area contributed by atoms with E-state index >= 15 is 0 Å². The van der Waals surface area contributed by atoms with Crippen LogP contribution in [0.25, 0.3) is 10.9 Å². The van der Waals surface area contributed by atoms with Gasteiger partial charge in [0.1, 0.15) is 0 Å². The third-order valence-electron chi connectivity index (χ3n) is 4.11. The highest BCUT2D eigenvalue weighted by Crippen LogP contribution is 2.15. The van der Waals surface area contributed by atoms with Gasteiger partial charge in [-0.3, -0.25) is 4.79 Å². The summed E-state index contributed by atoms with van der Waals surface area (Å²) in [4.78, 5) is 15.6. The molecule has 2 heterocycles. The van der Waals surface area contributed by atoms with Crippen LogP contribution in [0.5, 0.6) is 0 Å². The Bertz CT molecular complexity index is 1020. The number of aromatic nitrogens is 3. The maximum Gasteiger partial charge on any atom is 0.269 e. The second kappa shape index (κ2) is 6.65. The fourth-order valence-corrected chi connectivity index (χ4v) is 2.83. The quantitative estimate of drug-likeness (QED) is 0.590. The summed E-state index contributed by atoms with van der Waals surface area (Å²) in [6, 6.07) is 21.7. The first kappa shape index (κ1) is 15.2. The number of nitrogens with zero attached hydrogens (tertiary/aromatic N) is 2. The second-order valence-corrected chi connectivity index (χ2v) is 5.96. The smallest absolute Gasteiger partial charge is 0.269 e. The molecule has 0 fully saturated rings. The first-order chi connectivity index (χ1) is 12.3. The number of benzene rings is 2. The number of fused-ring (bicyclic) bond motifs is 1. The molecular weight excluding hydrogens is 312 g/mol. The number of anilines is 1. The summed E-state index contributed by atoms with van der Waals surface area (Å²) in [5.74, 6) is 0. The molecule has 0 amide bonds. The summed E-state index contributed by atoms with van der Waals surface area (Å²) in [6.07, 6.45) is 1.69. The molecule has 0 radical (unpaired) electrons. The Morgan fingerprint density at radius 3 is 2.60 bits per heavy atom. The van der Waals surface area contributed by atoms with Crippen molar-refractivity contribution in [1.29, 1.82) is 0 Å². The third kappa shape index (κ3) is 3.45. The van der Waals surface area contributed by atoms with Crippen LogP contribution in [0.2, 0.25) is 0 Å². The molecule has 0 saturated carbocycles. The molecule has 0 unspecified atom stereocenters. The van der Waals surface area contributed by atoms with Crippen molar-refractivity contribution < 1.29 is 0 Å². The molecule has 4 aromatic rings. The van der Waals surface area contributed by atoms with Crippen LogP contribution >= 0.6 is 0 Å². The van der Waals surface area contributed by atoms with E-state index in [4.69, 9.17) is 0 Å². The van der Waals surface area contributed by atoms with Crippen LogP contribution < -0.4 is 10.9 Å². The van der Waals surface area contributed by atoms with Gasteiger partial charge in [0.05, 0.1) is 25.0 Å². The number of nitrogens with one attached hydrogen (secondary N) is 2. The van der Waals surface area contributed by atoms with Crippen LogP contribution in [0.4, 0.5) is 5.69 Å². The lowest BCUT2D eigenvalue weighted by atomic mass is 10.2. The van der Waals surface area contributed by atoms with Gasteiger partial charge in [-0.1, -0.05) is 48.5 Å². The molecule has 4 rings (SSSR count). The SMILES string of the molecule is O=c1cc(NCc2cc3ccccc3[nH]2)cnn1Cc1ccccc1. The van der Waals surface area contributed by atoms with Crippen molar-refractivity contribution in [3.05, 3.63) is 94.5 Å². The standard InChI is InChI=1S/C20H18N4O/c25-20-11-17(13-22-24(20)14-15-6-2-1-3-7-15)21-12-18-10-16-8-4-5-9-19(16)23-18/h1-11,13,21,23H,12,14H2. The van der Waals surface area contributed by atoms with Crippen molar-refractivity contribution in [3.8, 4) is 0 Å². The number of aromatic amines is 1. The molecule has 0 aliphatic heterocycles. The fourth-order valence-electron chi connectivity index (χ4n) is 2.83. The Morgan fingerprint density at radius 1 is 1.00 bits per heavy atom. The monoisotopic (exact) mass is 330 g/mol. The van der Waals surface area contributed by atoms with E-state index in [1.807, 2.05) is 48.5 Å². The van der Waals surface area contributed by atoms with Gasteiger partial charge in [-0.05, 0) is 23.1 Å². The van der Waals surface area contributed by atoms with Gasteiger partial charge >= 0.3 is 0 Å². The molecule has 0 atom stereocenters. The Labute approximate surface area is 144 Å². The lowest BCUT2D eigenvalue weighted by Gasteiger charge is -2.07. The Kier molecular flexibility index (Phi) is 4.04. The van der Waals surface area contributed by atoms with E-state index in [0.29, 0.717) is 18.8 Å². The molecule has 124 valence electrons. The molecular formula is C20H18N4O. The lowest BCUT2D eigenvalue weighted by molar-refractivity contribution is 0.639. The average molecular weight is 330 g/mol. The normalized spacial score (nSPS) is 10.9. The van der Waals surface area contributed by atoms with Crippen LogP contribution in [0.3, 0.4) is 0 Å². The Morgan fingerprint density at radius 2 is 1.80 bits per heavy atom. The number of para-hydroxylation sites is 1. The summed E-state index contributed by atoms with van der Waals surface area (Å²) in [5, 5.41) is 8.68. The van der Waals surface area contributed by atoms with Gasteiger partial charge in [-0.2, -0.15) is 5.10 Å². The highest BCUT2D eigenvalue weighted by atomic mass is 16.1. The van der Waals surface area contributed by atoms with E-state index in [2.05, 4.69) is 27.5 Å². The minimum Gasteiger partial charge on any atom is -0.378 e. The largest absolute Gasteiger partial charge is 0.378 e. The summed E-state index contributed by atoms with van der Waals surface area (Å²) in [7, 11) is 0. The van der Waals surface area contributed by atoms with Gasteiger partial charge in [0.15, 0.2) is 0 Å². The van der Waals surface area contributed by atoms with Gasteiger partial charge in [0, 0.05) is 17.3 Å². The van der Waals surface area contributed by atoms with Crippen LogP contribution in [0, 0.1) is 0 Å².